The van der Waals surface area contributed by atoms with Gasteiger partial charge >= 0.3 is 0 Å². The van der Waals surface area contributed by atoms with Crippen LogP contribution in [0.1, 0.15) is 67.0 Å². The smallest absolute Gasteiger partial charge is 0.0874 e. The van der Waals surface area contributed by atoms with Crippen LogP contribution in [0.2, 0.25) is 0 Å². The molecule has 0 atom stereocenters. The highest BCUT2D eigenvalue weighted by molar-refractivity contribution is 6.32. The Hall–Kier alpha value is -7.88. The summed E-state index contributed by atoms with van der Waals surface area (Å²) in [5, 5.41) is 0. The van der Waals surface area contributed by atoms with Crippen LogP contribution in [0.4, 0.5) is 0 Å². The average Bonchev–Trinajstić information content (AvgIpc) is 4.14. The van der Waals surface area contributed by atoms with E-state index < -0.39 is 10.8 Å². The van der Waals surface area contributed by atoms with E-state index in [1.54, 1.807) is 0 Å². The fourth-order valence-electron chi connectivity index (χ4n) is 10.1. The van der Waals surface area contributed by atoms with Crippen molar-refractivity contribution in [2.75, 3.05) is 0 Å². The number of aromatic amines is 1. The van der Waals surface area contributed by atoms with Gasteiger partial charge in [0.25, 0.3) is 0 Å². The number of hydrogen-bond donors (Lipinski definition) is 1. The monoisotopic (exact) mass is 807 g/mol. The van der Waals surface area contributed by atoms with Crippen molar-refractivity contribution in [1.29, 1.82) is 0 Å². The summed E-state index contributed by atoms with van der Waals surface area (Å²) in [7, 11) is 0. The first-order chi connectivity index (χ1) is 31.0. The number of aliphatic imine (C=N–C) groups is 2. The third-order valence-corrected chi connectivity index (χ3v) is 13.0. The van der Waals surface area contributed by atoms with Crippen molar-refractivity contribution in [2.24, 2.45) is 9.98 Å². The molecule has 8 aromatic rings. The predicted octanol–water partition coefficient (Wildman–Crippen LogP) is 13.6. The number of aryl methyl sites for hydroxylation is 2. The maximum atomic E-state index is 5.78. The molecule has 8 bridgehead atoms. The van der Waals surface area contributed by atoms with Crippen molar-refractivity contribution >= 4 is 22.6 Å². The van der Waals surface area contributed by atoms with Crippen molar-refractivity contribution in [3.63, 3.8) is 0 Å². The van der Waals surface area contributed by atoms with Gasteiger partial charge in [0.2, 0.25) is 0 Å². The van der Waals surface area contributed by atoms with Crippen LogP contribution in [0.15, 0.2) is 252 Å². The molecular formula is C60H45N3. The van der Waals surface area contributed by atoms with Crippen molar-refractivity contribution < 1.29 is 0 Å². The minimum Gasteiger partial charge on any atom is -0.357 e. The first-order valence-electron chi connectivity index (χ1n) is 21.7. The molecule has 0 amide bonds. The lowest BCUT2D eigenvalue weighted by atomic mass is 9.63. The molecule has 0 fully saturated rings. The molecule has 0 aliphatic carbocycles. The molecule has 11 rings (SSSR count). The Morgan fingerprint density at radius 2 is 0.810 bits per heavy atom. The largest absolute Gasteiger partial charge is 0.357 e. The number of nitrogens with one attached hydrogen (secondary N) is 1. The van der Waals surface area contributed by atoms with Gasteiger partial charge in [-0.3, -0.25) is 4.99 Å². The van der Waals surface area contributed by atoms with Crippen LogP contribution in [-0.2, 0) is 10.8 Å². The maximum Gasteiger partial charge on any atom is 0.0874 e. The summed E-state index contributed by atoms with van der Waals surface area (Å²) < 4.78 is 0. The number of aromatic nitrogens is 1. The van der Waals surface area contributed by atoms with Gasteiger partial charge in [-0.1, -0.05) is 205 Å². The Balaban J connectivity index is 1.32. The number of hydrogen-bond acceptors (Lipinski definition) is 2. The standard InChI is InChI=1S/C60H45N3/c1-41-26-30-43(31-27-41)57-51-34-35-52(61-51)58(44-32-28-42(2)29-33-44)54-37-39-56(63-54)60(47-20-11-5-12-21-47,48-22-13-6-14-23-48)50-25-15-24-49(40-50)59(45-16-7-3-8-17-45,46-18-9-4-10-19-46)55-38-36-53(57)62-55/h3-40,62H,1-2H3/b57-51-,58-54-. The van der Waals surface area contributed by atoms with Crippen LogP contribution in [0, 0.1) is 13.8 Å². The highest BCUT2D eigenvalue weighted by Gasteiger charge is 2.45. The van der Waals surface area contributed by atoms with Crippen molar-refractivity contribution in [2.45, 2.75) is 24.7 Å². The van der Waals surface area contributed by atoms with Gasteiger partial charge in [-0.15, -0.1) is 0 Å². The molecule has 1 N–H and O–H groups in total. The van der Waals surface area contributed by atoms with Gasteiger partial charge in [0.05, 0.1) is 33.6 Å². The van der Waals surface area contributed by atoms with Crippen LogP contribution >= 0.6 is 0 Å². The summed E-state index contributed by atoms with van der Waals surface area (Å²) >= 11 is 0. The highest BCUT2D eigenvalue weighted by Crippen LogP contribution is 2.49. The average molecular weight is 808 g/mol. The van der Waals surface area contributed by atoms with E-state index in [1.807, 2.05) is 0 Å². The Morgan fingerprint density at radius 1 is 0.365 bits per heavy atom. The van der Waals surface area contributed by atoms with E-state index >= 15 is 0 Å². The molecule has 1 aromatic heterocycles. The summed E-state index contributed by atoms with van der Waals surface area (Å²) in [4.78, 5) is 15.4. The molecule has 4 heterocycles. The van der Waals surface area contributed by atoms with E-state index in [2.05, 4.69) is 249 Å². The van der Waals surface area contributed by atoms with Crippen molar-refractivity contribution in [3.8, 4) is 0 Å². The van der Waals surface area contributed by atoms with E-state index in [0.717, 1.165) is 89.9 Å². The Bertz CT molecular complexity index is 3100. The Labute approximate surface area is 369 Å². The van der Waals surface area contributed by atoms with Crippen LogP contribution < -0.4 is 0 Å². The number of benzene rings is 7. The molecule has 63 heavy (non-hydrogen) atoms. The van der Waals surface area contributed by atoms with E-state index in [1.165, 1.54) is 11.1 Å². The quantitative estimate of drug-likeness (QED) is 0.174. The number of nitrogens with zero attached hydrogens (tertiary/aromatic N) is 2. The van der Waals surface area contributed by atoms with Crippen molar-refractivity contribution in [3.05, 3.63) is 309 Å². The molecular weight excluding hydrogens is 763 g/mol. The molecule has 0 saturated heterocycles. The molecule has 0 saturated carbocycles. The molecule has 7 aromatic carbocycles. The number of allylic oxidation sites excluding steroid dienone is 5. The summed E-state index contributed by atoms with van der Waals surface area (Å²) in [6.45, 7) is 4.26. The summed E-state index contributed by atoms with van der Waals surface area (Å²) in [6, 6.07) is 75.0. The van der Waals surface area contributed by atoms with E-state index in [9.17, 15) is 0 Å². The second kappa shape index (κ2) is 15.5. The zero-order chi connectivity index (χ0) is 42.4. The second-order valence-electron chi connectivity index (χ2n) is 16.7. The van der Waals surface area contributed by atoms with Gasteiger partial charge in [-0.25, -0.2) is 4.99 Å². The SMILES string of the molecule is Cc1ccc(/C2=C3\C=CC(=N3)C(c3ccccc3)(c3ccccc3)c3cccc(c3)C(c3ccccc3)(c3ccccc3)c3ccc([nH]3)/C(c3ccc(C)cc3)=C3/C=CC2=N3)cc1. The molecule has 300 valence electrons. The summed E-state index contributed by atoms with van der Waals surface area (Å²) in [6.07, 6.45) is 8.77. The Kier molecular flexibility index (Phi) is 9.39. The molecule has 0 unspecified atom stereocenters. The Morgan fingerprint density at radius 3 is 1.35 bits per heavy atom. The van der Waals surface area contributed by atoms with Crippen LogP contribution in [0.5, 0.6) is 0 Å². The lowest BCUT2D eigenvalue weighted by Gasteiger charge is -2.39. The summed E-state index contributed by atoms with van der Waals surface area (Å²) in [5.41, 5.74) is 17.5. The van der Waals surface area contributed by atoms with Gasteiger partial charge in [0.1, 0.15) is 0 Å². The first-order valence-corrected chi connectivity index (χ1v) is 21.7. The predicted molar refractivity (Wildman–Crippen MR) is 260 cm³/mol. The lowest BCUT2D eigenvalue weighted by Crippen LogP contribution is -2.38. The maximum absolute atomic E-state index is 5.78. The van der Waals surface area contributed by atoms with Crippen LogP contribution in [0.25, 0.3) is 11.1 Å². The normalized spacial score (nSPS) is 18.3. The topological polar surface area (TPSA) is 40.5 Å². The fourth-order valence-corrected chi connectivity index (χ4v) is 10.1. The molecule has 3 nitrogen and oxygen atoms in total. The number of fused-ring (bicyclic) bond motifs is 6. The molecule has 0 radical (unpaired) electrons. The minimum absolute atomic E-state index is 0.757. The second-order valence-corrected chi connectivity index (χ2v) is 16.7. The highest BCUT2D eigenvalue weighted by atomic mass is 14.8. The molecule has 0 spiro atoms. The zero-order valence-corrected chi connectivity index (χ0v) is 35.3. The number of H-pyrrole nitrogens is 1. The van der Waals surface area contributed by atoms with Crippen molar-refractivity contribution in [1.82, 2.24) is 4.98 Å². The summed E-state index contributed by atoms with van der Waals surface area (Å²) in [5.74, 6) is 0. The fraction of sp³-hybridized carbons (Fsp3) is 0.0667. The third kappa shape index (κ3) is 6.27. The van der Waals surface area contributed by atoms with Gasteiger partial charge in [0, 0.05) is 22.5 Å². The van der Waals surface area contributed by atoms with E-state index in [-0.39, 0.29) is 0 Å². The molecule has 3 heteroatoms. The molecule has 3 aliphatic rings. The van der Waals surface area contributed by atoms with E-state index in [0.29, 0.717) is 0 Å². The lowest BCUT2D eigenvalue weighted by molar-refractivity contribution is 0.714. The number of rotatable bonds is 6. The zero-order valence-electron chi connectivity index (χ0n) is 35.3. The van der Waals surface area contributed by atoms with Gasteiger partial charge < -0.3 is 4.98 Å². The first kappa shape index (κ1) is 38.1. The molecule has 3 aliphatic heterocycles. The van der Waals surface area contributed by atoms with E-state index in [4.69, 9.17) is 9.98 Å². The van der Waals surface area contributed by atoms with Gasteiger partial charge in [0.15, 0.2) is 0 Å². The minimum atomic E-state index is -0.802. The van der Waals surface area contributed by atoms with Crippen LogP contribution in [0.3, 0.4) is 0 Å². The van der Waals surface area contributed by atoms with Crippen LogP contribution in [-0.4, -0.2) is 16.4 Å². The van der Waals surface area contributed by atoms with Gasteiger partial charge in [-0.05, 0) is 94.8 Å². The third-order valence-electron chi connectivity index (χ3n) is 13.0. The van der Waals surface area contributed by atoms with Gasteiger partial charge in [-0.2, -0.15) is 0 Å².